The van der Waals surface area contributed by atoms with Crippen molar-refractivity contribution in [1.29, 1.82) is 0 Å². The molecular weight excluding hydrogens is 176 g/mol. The van der Waals surface area contributed by atoms with Gasteiger partial charge in [-0.05, 0) is 25.5 Å². The lowest BCUT2D eigenvalue weighted by atomic mass is 10.2. The van der Waals surface area contributed by atoms with Crippen LogP contribution >= 0.6 is 0 Å². The highest BCUT2D eigenvalue weighted by molar-refractivity contribution is 5.90. The van der Waals surface area contributed by atoms with Gasteiger partial charge in [0, 0.05) is 5.69 Å². The number of hydrogen-bond donors (Lipinski definition) is 1. The topological polar surface area (TPSA) is 33.6 Å². The highest BCUT2D eigenvalue weighted by Crippen LogP contribution is 2.15. The molecule has 0 fully saturated rings. The number of rotatable bonds is 1. The number of anilines is 1. The number of amidine groups is 1. The average Bonchev–Trinajstić information content (AvgIpc) is 2.56. The maximum Gasteiger partial charge on any atom is 0.289 e. The van der Waals surface area contributed by atoms with Crippen LogP contribution in [0, 0.1) is 6.92 Å². The summed E-state index contributed by atoms with van der Waals surface area (Å²) in [7, 11) is 0. The van der Waals surface area contributed by atoms with Crippen molar-refractivity contribution in [3.63, 3.8) is 0 Å². The lowest BCUT2D eigenvalue weighted by Crippen LogP contribution is -2.16. The molecule has 1 N–H and O–H groups in total. The Morgan fingerprint density at radius 1 is 1.43 bits per heavy atom. The summed E-state index contributed by atoms with van der Waals surface area (Å²) in [5, 5.41) is 3.17. The van der Waals surface area contributed by atoms with Crippen molar-refractivity contribution in [2.45, 2.75) is 20.0 Å². The van der Waals surface area contributed by atoms with Gasteiger partial charge in [-0.15, -0.1) is 0 Å². The fourth-order valence-electron chi connectivity index (χ4n) is 1.37. The van der Waals surface area contributed by atoms with E-state index in [1.165, 1.54) is 5.56 Å². The molecule has 0 spiro atoms. The fourth-order valence-corrected chi connectivity index (χ4v) is 1.37. The monoisotopic (exact) mass is 190 g/mol. The van der Waals surface area contributed by atoms with E-state index in [0.717, 1.165) is 12.2 Å². The minimum atomic E-state index is 0.196. The van der Waals surface area contributed by atoms with E-state index in [9.17, 15) is 0 Å². The molecule has 0 aliphatic carbocycles. The third-order valence-corrected chi connectivity index (χ3v) is 2.19. The highest BCUT2D eigenvalue weighted by Gasteiger charge is 2.14. The number of nitrogens with one attached hydrogen (secondary N) is 1. The second kappa shape index (κ2) is 3.70. The molecule has 1 heterocycles. The molecule has 1 aliphatic heterocycles. The van der Waals surface area contributed by atoms with E-state index in [4.69, 9.17) is 4.74 Å². The normalized spacial score (nSPS) is 20.1. The molecule has 1 aromatic rings. The molecule has 1 aliphatic rings. The van der Waals surface area contributed by atoms with E-state index in [-0.39, 0.29) is 6.10 Å². The first-order valence-electron chi connectivity index (χ1n) is 4.79. The number of para-hydroxylation sites is 1. The van der Waals surface area contributed by atoms with E-state index in [1.54, 1.807) is 0 Å². The van der Waals surface area contributed by atoms with Crippen LogP contribution in [0.2, 0.25) is 0 Å². The van der Waals surface area contributed by atoms with Crippen LogP contribution in [0.4, 0.5) is 5.69 Å². The summed E-state index contributed by atoms with van der Waals surface area (Å²) in [6.45, 7) is 4.81. The molecule has 1 unspecified atom stereocenters. The van der Waals surface area contributed by atoms with E-state index in [2.05, 4.69) is 23.3 Å². The van der Waals surface area contributed by atoms with Gasteiger partial charge in [0.05, 0.1) is 6.54 Å². The molecule has 74 valence electrons. The minimum absolute atomic E-state index is 0.196. The Balaban J connectivity index is 2.08. The quantitative estimate of drug-likeness (QED) is 0.736. The maximum atomic E-state index is 5.46. The summed E-state index contributed by atoms with van der Waals surface area (Å²) in [5.41, 5.74) is 2.25. The molecular formula is C11H14N2O. The number of hydrogen-bond acceptors (Lipinski definition) is 3. The Hall–Kier alpha value is -1.51. The van der Waals surface area contributed by atoms with Gasteiger partial charge in [-0.25, -0.2) is 4.99 Å². The summed E-state index contributed by atoms with van der Waals surface area (Å²) < 4.78 is 5.46. The summed E-state index contributed by atoms with van der Waals surface area (Å²) in [5.74, 6) is 0. The largest absolute Gasteiger partial charge is 0.460 e. The van der Waals surface area contributed by atoms with Crippen LogP contribution in [0.15, 0.2) is 29.3 Å². The van der Waals surface area contributed by atoms with Crippen molar-refractivity contribution < 1.29 is 4.74 Å². The average molecular weight is 190 g/mol. The van der Waals surface area contributed by atoms with Gasteiger partial charge >= 0.3 is 0 Å². The minimum Gasteiger partial charge on any atom is -0.460 e. The molecule has 2 rings (SSSR count). The van der Waals surface area contributed by atoms with Gasteiger partial charge in [-0.2, -0.15) is 0 Å². The summed E-state index contributed by atoms with van der Waals surface area (Å²) in [6, 6.07) is 8.71. The summed E-state index contributed by atoms with van der Waals surface area (Å²) in [6.07, 6.45) is 0.196. The third-order valence-electron chi connectivity index (χ3n) is 2.19. The number of ether oxygens (including phenoxy) is 1. The van der Waals surface area contributed by atoms with Crippen LogP contribution in [-0.2, 0) is 4.74 Å². The van der Waals surface area contributed by atoms with E-state index in [1.807, 2.05) is 25.1 Å². The van der Waals surface area contributed by atoms with Crippen LogP contribution < -0.4 is 5.32 Å². The van der Waals surface area contributed by atoms with Gasteiger partial charge in [0.25, 0.3) is 6.02 Å². The zero-order valence-corrected chi connectivity index (χ0v) is 8.45. The molecule has 1 aromatic carbocycles. The summed E-state index contributed by atoms with van der Waals surface area (Å²) >= 11 is 0. The van der Waals surface area contributed by atoms with E-state index >= 15 is 0 Å². The predicted molar refractivity (Wildman–Crippen MR) is 57.7 cm³/mol. The van der Waals surface area contributed by atoms with Crippen molar-refractivity contribution in [3.05, 3.63) is 29.8 Å². The maximum absolute atomic E-state index is 5.46. The first kappa shape index (κ1) is 9.06. The molecule has 0 radical (unpaired) electrons. The van der Waals surface area contributed by atoms with Crippen molar-refractivity contribution in [3.8, 4) is 0 Å². The number of aryl methyl sites for hydroxylation is 1. The highest BCUT2D eigenvalue weighted by atomic mass is 16.5. The standard InChI is InChI=1S/C11H14N2O/c1-8-5-3-4-6-10(8)13-11-12-7-9(2)14-11/h3-6,9H,7H2,1-2H3,(H,12,13). The van der Waals surface area contributed by atoms with Crippen LogP contribution in [0.5, 0.6) is 0 Å². The Kier molecular flexibility index (Phi) is 2.39. The number of nitrogens with zero attached hydrogens (tertiary/aromatic N) is 1. The molecule has 0 saturated carbocycles. The fraction of sp³-hybridized carbons (Fsp3) is 0.364. The molecule has 1 atom stereocenters. The first-order chi connectivity index (χ1) is 6.75. The van der Waals surface area contributed by atoms with Gasteiger partial charge in [-0.1, -0.05) is 18.2 Å². The SMILES string of the molecule is Cc1ccccc1NC1=NCC(C)O1. The van der Waals surface area contributed by atoms with Crippen molar-refractivity contribution in [2.24, 2.45) is 4.99 Å². The van der Waals surface area contributed by atoms with E-state index in [0.29, 0.717) is 6.02 Å². The molecule has 0 saturated heterocycles. The smallest absolute Gasteiger partial charge is 0.289 e. The van der Waals surface area contributed by atoms with Crippen LogP contribution in [-0.4, -0.2) is 18.7 Å². The Morgan fingerprint density at radius 3 is 2.86 bits per heavy atom. The van der Waals surface area contributed by atoms with Gasteiger partial charge in [-0.3, -0.25) is 0 Å². The predicted octanol–water partition coefficient (Wildman–Crippen LogP) is 2.18. The number of benzene rings is 1. The lowest BCUT2D eigenvalue weighted by molar-refractivity contribution is 0.245. The van der Waals surface area contributed by atoms with Gasteiger partial charge in [0.1, 0.15) is 6.10 Å². The second-order valence-electron chi connectivity index (χ2n) is 3.51. The second-order valence-corrected chi connectivity index (χ2v) is 3.51. The molecule has 3 nitrogen and oxygen atoms in total. The molecule has 0 aromatic heterocycles. The Bertz CT molecular complexity index is 360. The van der Waals surface area contributed by atoms with Crippen molar-refractivity contribution in [1.82, 2.24) is 0 Å². The molecule has 0 bridgehead atoms. The van der Waals surface area contributed by atoms with Crippen molar-refractivity contribution >= 4 is 11.7 Å². The lowest BCUT2D eigenvalue weighted by Gasteiger charge is -2.09. The van der Waals surface area contributed by atoms with Crippen LogP contribution in [0.25, 0.3) is 0 Å². The molecule has 3 heteroatoms. The Morgan fingerprint density at radius 2 is 2.21 bits per heavy atom. The van der Waals surface area contributed by atoms with Crippen molar-refractivity contribution in [2.75, 3.05) is 11.9 Å². The number of aliphatic imine (C=N–C) groups is 1. The van der Waals surface area contributed by atoms with Gasteiger partial charge < -0.3 is 10.1 Å². The zero-order valence-electron chi connectivity index (χ0n) is 8.45. The van der Waals surface area contributed by atoms with Gasteiger partial charge in [0.15, 0.2) is 0 Å². The van der Waals surface area contributed by atoms with Gasteiger partial charge in [0.2, 0.25) is 0 Å². The third kappa shape index (κ3) is 1.87. The summed E-state index contributed by atoms with van der Waals surface area (Å²) in [4.78, 5) is 4.24. The van der Waals surface area contributed by atoms with Crippen LogP contribution in [0.3, 0.4) is 0 Å². The van der Waals surface area contributed by atoms with Crippen LogP contribution in [0.1, 0.15) is 12.5 Å². The molecule has 14 heavy (non-hydrogen) atoms. The first-order valence-corrected chi connectivity index (χ1v) is 4.79. The van der Waals surface area contributed by atoms with E-state index < -0.39 is 0 Å². The Labute approximate surface area is 83.8 Å². The molecule has 0 amide bonds. The zero-order chi connectivity index (χ0) is 9.97.